The Balaban J connectivity index is 2.05. The smallest absolute Gasteiger partial charge is 0.224 e. The van der Waals surface area contributed by atoms with Gasteiger partial charge in [0.05, 0.1) is 6.04 Å². The van der Waals surface area contributed by atoms with Gasteiger partial charge in [-0.3, -0.25) is 4.79 Å². The van der Waals surface area contributed by atoms with Crippen molar-refractivity contribution in [3.05, 3.63) is 23.8 Å². The van der Waals surface area contributed by atoms with E-state index >= 15 is 0 Å². The predicted octanol–water partition coefficient (Wildman–Crippen LogP) is 1.62. The summed E-state index contributed by atoms with van der Waals surface area (Å²) in [6, 6.07) is 5.66. The molecular weight excluding hydrogens is 256 g/mol. The van der Waals surface area contributed by atoms with Crippen LogP contribution in [0.1, 0.15) is 31.9 Å². The molecule has 5 heteroatoms. The van der Waals surface area contributed by atoms with Gasteiger partial charge in [-0.2, -0.15) is 0 Å². The SMILES string of the molecule is CCC(CN)C(=O)NC(C)c1ccc2c(c1)OCCO2. The van der Waals surface area contributed by atoms with Crippen molar-refractivity contribution in [1.29, 1.82) is 0 Å². The molecule has 1 aliphatic rings. The first-order chi connectivity index (χ1) is 9.65. The number of amides is 1. The van der Waals surface area contributed by atoms with Crippen molar-refractivity contribution in [1.82, 2.24) is 5.32 Å². The van der Waals surface area contributed by atoms with Crippen molar-refractivity contribution in [2.24, 2.45) is 11.7 Å². The van der Waals surface area contributed by atoms with E-state index in [-0.39, 0.29) is 17.9 Å². The summed E-state index contributed by atoms with van der Waals surface area (Å²) in [5.41, 5.74) is 6.59. The van der Waals surface area contributed by atoms with Crippen molar-refractivity contribution in [3.63, 3.8) is 0 Å². The zero-order chi connectivity index (χ0) is 14.5. The van der Waals surface area contributed by atoms with E-state index < -0.39 is 0 Å². The average molecular weight is 278 g/mol. The molecule has 1 heterocycles. The second-order valence-electron chi connectivity index (χ2n) is 4.97. The molecule has 2 atom stereocenters. The van der Waals surface area contributed by atoms with Crippen LogP contribution < -0.4 is 20.5 Å². The summed E-state index contributed by atoms with van der Waals surface area (Å²) in [5, 5.41) is 2.99. The summed E-state index contributed by atoms with van der Waals surface area (Å²) < 4.78 is 11.0. The van der Waals surface area contributed by atoms with Gasteiger partial charge in [0.2, 0.25) is 5.91 Å². The summed E-state index contributed by atoms with van der Waals surface area (Å²) in [6.07, 6.45) is 0.746. The first-order valence-corrected chi connectivity index (χ1v) is 7.05. The molecule has 0 aromatic heterocycles. The minimum atomic E-state index is -0.130. The number of carbonyl (C=O) groups is 1. The fourth-order valence-corrected chi connectivity index (χ4v) is 2.20. The van der Waals surface area contributed by atoms with Crippen LogP contribution in [0.2, 0.25) is 0 Å². The quantitative estimate of drug-likeness (QED) is 0.858. The molecule has 0 radical (unpaired) electrons. The molecule has 3 N–H and O–H groups in total. The highest BCUT2D eigenvalue weighted by molar-refractivity contribution is 5.79. The molecule has 0 bridgehead atoms. The van der Waals surface area contributed by atoms with Gasteiger partial charge in [0, 0.05) is 12.5 Å². The number of hydrogen-bond donors (Lipinski definition) is 2. The lowest BCUT2D eigenvalue weighted by Crippen LogP contribution is -2.36. The van der Waals surface area contributed by atoms with Crippen LogP contribution in [0.3, 0.4) is 0 Å². The van der Waals surface area contributed by atoms with Crippen molar-refractivity contribution in [3.8, 4) is 11.5 Å². The van der Waals surface area contributed by atoms with E-state index in [2.05, 4.69) is 5.32 Å². The van der Waals surface area contributed by atoms with Gasteiger partial charge in [-0.25, -0.2) is 0 Å². The summed E-state index contributed by atoms with van der Waals surface area (Å²) in [7, 11) is 0. The molecule has 0 saturated heterocycles. The first kappa shape index (κ1) is 14.7. The van der Waals surface area contributed by atoms with E-state index in [0.29, 0.717) is 19.8 Å². The number of nitrogens with one attached hydrogen (secondary N) is 1. The van der Waals surface area contributed by atoms with Crippen LogP contribution in [0.5, 0.6) is 11.5 Å². The summed E-state index contributed by atoms with van der Waals surface area (Å²) in [5.74, 6) is 1.36. The molecule has 5 nitrogen and oxygen atoms in total. The Bertz CT molecular complexity index is 472. The highest BCUT2D eigenvalue weighted by atomic mass is 16.6. The molecule has 0 aliphatic carbocycles. The number of ether oxygens (including phenoxy) is 2. The highest BCUT2D eigenvalue weighted by Gasteiger charge is 2.19. The van der Waals surface area contributed by atoms with Crippen molar-refractivity contribution in [2.75, 3.05) is 19.8 Å². The fourth-order valence-electron chi connectivity index (χ4n) is 2.20. The Morgan fingerprint density at radius 3 is 2.70 bits per heavy atom. The number of nitrogens with two attached hydrogens (primary N) is 1. The van der Waals surface area contributed by atoms with Gasteiger partial charge >= 0.3 is 0 Å². The minimum Gasteiger partial charge on any atom is -0.486 e. The van der Waals surface area contributed by atoms with Crippen LogP contribution in [0, 0.1) is 5.92 Å². The van der Waals surface area contributed by atoms with Gasteiger partial charge in [0.25, 0.3) is 0 Å². The van der Waals surface area contributed by atoms with Crippen LogP contribution >= 0.6 is 0 Å². The normalized spacial score (nSPS) is 16.4. The lowest BCUT2D eigenvalue weighted by Gasteiger charge is -2.22. The molecule has 1 amide bonds. The van der Waals surface area contributed by atoms with Crippen LogP contribution in [-0.4, -0.2) is 25.7 Å². The van der Waals surface area contributed by atoms with Gasteiger partial charge in [0.1, 0.15) is 13.2 Å². The second kappa shape index (κ2) is 6.61. The van der Waals surface area contributed by atoms with Crippen LogP contribution in [0.25, 0.3) is 0 Å². The molecular formula is C15H22N2O3. The third-order valence-electron chi connectivity index (χ3n) is 3.57. The molecule has 0 saturated carbocycles. The molecule has 1 aliphatic heterocycles. The first-order valence-electron chi connectivity index (χ1n) is 7.05. The lowest BCUT2D eigenvalue weighted by molar-refractivity contribution is -0.125. The molecule has 20 heavy (non-hydrogen) atoms. The molecule has 1 aromatic carbocycles. The molecule has 2 rings (SSSR count). The van der Waals surface area contributed by atoms with E-state index in [1.54, 1.807) is 0 Å². The largest absolute Gasteiger partial charge is 0.486 e. The maximum Gasteiger partial charge on any atom is 0.224 e. The van der Waals surface area contributed by atoms with E-state index in [1.807, 2.05) is 32.0 Å². The van der Waals surface area contributed by atoms with Crippen molar-refractivity contribution >= 4 is 5.91 Å². The summed E-state index contributed by atoms with van der Waals surface area (Å²) >= 11 is 0. The Hall–Kier alpha value is -1.75. The maximum absolute atomic E-state index is 12.0. The monoisotopic (exact) mass is 278 g/mol. The Morgan fingerprint density at radius 1 is 1.35 bits per heavy atom. The zero-order valence-corrected chi connectivity index (χ0v) is 12.0. The van der Waals surface area contributed by atoms with Gasteiger partial charge in [-0.15, -0.1) is 0 Å². The summed E-state index contributed by atoms with van der Waals surface area (Å²) in [6.45, 7) is 5.42. The number of rotatable bonds is 5. The Kier molecular flexibility index (Phi) is 4.84. The standard InChI is InChI=1S/C15H22N2O3/c1-3-11(9-16)15(18)17-10(2)12-4-5-13-14(8-12)20-7-6-19-13/h4-5,8,10-11H,3,6-7,9,16H2,1-2H3,(H,17,18). The number of hydrogen-bond acceptors (Lipinski definition) is 4. The van der Waals surface area contributed by atoms with E-state index in [4.69, 9.17) is 15.2 Å². The van der Waals surface area contributed by atoms with Gasteiger partial charge in [0.15, 0.2) is 11.5 Å². The fraction of sp³-hybridized carbons (Fsp3) is 0.533. The second-order valence-corrected chi connectivity index (χ2v) is 4.97. The highest BCUT2D eigenvalue weighted by Crippen LogP contribution is 2.32. The molecule has 0 fully saturated rings. The van der Waals surface area contributed by atoms with E-state index in [0.717, 1.165) is 23.5 Å². The molecule has 1 aromatic rings. The molecule has 2 unspecified atom stereocenters. The van der Waals surface area contributed by atoms with Crippen LogP contribution in [0.4, 0.5) is 0 Å². The maximum atomic E-state index is 12.0. The number of carbonyl (C=O) groups excluding carboxylic acids is 1. The Morgan fingerprint density at radius 2 is 2.05 bits per heavy atom. The predicted molar refractivity (Wildman–Crippen MR) is 76.8 cm³/mol. The van der Waals surface area contributed by atoms with E-state index in [1.165, 1.54) is 0 Å². The number of fused-ring (bicyclic) bond motifs is 1. The third kappa shape index (κ3) is 3.22. The topological polar surface area (TPSA) is 73.6 Å². The third-order valence-corrected chi connectivity index (χ3v) is 3.57. The Labute approximate surface area is 119 Å². The molecule has 0 spiro atoms. The summed E-state index contributed by atoms with van der Waals surface area (Å²) in [4.78, 5) is 12.0. The van der Waals surface area contributed by atoms with Crippen molar-refractivity contribution in [2.45, 2.75) is 26.3 Å². The molecule has 110 valence electrons. The number of benzene rings is 1. The van der Waals surface area contributed by atoms with Crippen LogP contribution in [-0.2, 0) is 4.79 Å². The van der Waals surface area contributed by atoms with Gasteiger partial charge in [-0.05, 0) is 31.0 Å². The van der Waals surface area contributed by atoms with Crippen LogP contribution in [0.15, 0.2) is 18.2 Å². The van der Waals surface area contributed by atoms with Crippen molar-refractivity contribution < 1.29 is 14.3 Å². The zero-order valence-electron chi connectivity index (χ0n) is 12.0. The van der Waals surface area contributed by atoms with E-state index in [9.17, 15) is 4.79 Å². The lowest BCUT2D eigenvalue weighted by atomic mass is 10.0. The van der Waals surface area contributed by atoms with Gasteiger partial charge in [-0.1, -0.05) is 13.0 Å². The average Bonchev–Trinajstić information content (AvgIpc) is 2.48. The minimum absolute atomic E-state index is 0.00242. The van der Waals surface area contributed by atoms with Gasteiger partial charge < -0.3 is 20.5 Å².